The highest BCUT2D eigenvalue weighted by Crippen LogP contribution is 2.34. The van der Waals surface area contributed by atoms with Crippen LogP contribution in [0.3, 0.4) is 0 Å². The monoisotopic (exact) mass is 595 g/mol. The molecule has 43 heavy (non-hydrogen) atoms. The van der Waals surface area contributed by atoms with Gasteiger partial charge in [0.1, 0.15) is 11.6 Å². The van der Waals surface area contributed by atoms with E-state index in [2.05, 4.69) is 0 Å². The molecular formula is C31H37N3O9. The first-order chi connectivity index (χ1) is 20.3. The smallest absolute Gasteiger partial charge is 0.343 e. The van der Waals surface area contributed by atoms with Gasteiger partial charge in [-0.2, -0.15) is 0 Å². The van der Waals surface area contributed by atoms with Crippen molar-refractivity contribution in [2.75, 3.05) is 13.2 Å². The van der Waals surface area contributed by atoms with Gasteiger partial charge in [0, 0.05) is 17.7 Å². The van der Waals surface area contributed by atoms with Crippen LogP contribution in [0.4, 0.5) is 0 Å². The number of carbonyl (C=O) groups excluding carboxylic acids is 3. The second kappa shape index (κ2) is 15.3. The number of nitrogens with zero attached hydrogens (tertiary/aromatic N) is 1. The van der Waals surface area contributed by atoms with Crippen LogP contribution in [0.25, 0.3) is 6.08 Å². The van der Waals surface area contributed by atoms with Crippen LogP contribution in [0.5, 0.6) is 5.75 Å². The third-order valence-corrected chi connectivity index (χ3v) is 7.01. The second-order valence-corrected chi connectivity index (χ2v) is 9.67. The van der Waals surface area contributed by atoms with Crippen molar-refractivity contribution in [3.05, 3.63) is 70.8 Å². The van der Waals surface area contributed by atoms with Gasteiger partial charge in [-0.05, 0) is 74.7 Å². The maximum atomic E-state index is 13.8. The molecule has 0 aromatic heterocycles. The number of rotatable bonds is 15. The molecule has 1 unspecified atom stereocenters. The number of nitrogens with one attached hydrogen (secondary N) is 1. The van der Waals surface area contributed by atoms with E-state index in [4.69, 9.17) is 20.6 Å². The lowest BCUT2D eigenvalue weighted by molar-refractivity contribution is -0.171. The predicted molar refractivity (Wildman–Crippen MR) is 158 cm³/mol. The topological polar surface area (TPSA) is 197 Å². The van der Waals surface area contributed by atoms with Gasteiger partial charge in [0.05, 0.1) is 24.5 Å². The van der Waals surface area contributed by atoms with Crippen LogP contribution in [0.15, 0.2) is 54.1 Å². The van der Waals surface area contributed by atoms with Crippen molar-refractivity contribution in [3.8, 4) is 5.75 Å². The number of nitrogen functional groups attached to an aromatic ring is 1. The Morgan fingerprint density at radius 2 is 1.56 bits per heavy atom. The first kappa shape index (κ1) is 34.2. The molecule has 1 amide bonds. The van der Waals surface area contributed by atoms with Crippen molar-refractivity contribution in [1.29, 1.82) is 5.41 Å². The molecule has 2 atom stereocenters. The van der Waals surface area contributed by atoms with Gasteiger partial charge in [0.2, 0.25) is 0 Å². The lowest BCUT2D eigenvalue weighted by Gasteiger charge is -2.43. The Balaban J connectivity index is 2.38. The lowest BCUT2D eigenvalue weighted by Crippen LogP contribution is -2.63. The molecule has 0 aliphatic carbocycles. The number of carboxylic acids is 2. The fourth-order valence-electron chi connectivity index (χ4n) is 4.78. The highest BCUT2D eigenvalue weighted by molar-refractivity contribution is 6.02. The summed E-state index contributed by atoms with van der Waals surface area (Å²) in [5, 5.41) is 27.6. The number of carboxylic acid groups (broad SMARTS) is 2. The zero-order valence-corrected chi connectivity index (χ0v) is 24.6. The van der Waals surface area contributed by atoms with Crippen LogP contribution in [-0.4, -0.2) is 69.4 Å². The highest BCUT2D eigenvalue weighted by atomic mass is 16.5. The number of carbonyl (C=O) groups is 5. The van der Waals surface area contributed by atoms with E-state index in [1.54, 1.807) is 31.2 Å². The molecule has 0 aliphatic heterocycles. The Kier molecular flexibility index (Phi) is 12.2. The van der Waals surface area contributed by atoms with Gasteiger partial charge in [0.25, 0.3) is 5.91 Å². The molecule has 2 aromatic carbocycles. The molecule has 0 saturated heterocycles. The molecule has 0 bridgehead atoms. The predicted octanol–water partition coefficient (Wildman–Crippen LogP) is 3.72. The zero-order valence-electron chi connectivity index (χ0n) is 24.6. The van der Waals surface area contributed by atoms with Gasteiger partial charge in [-0.3, -0.25) is 19.8 Å². The molecule has 12 heteroatoms. The zero-order chi connectivity index (χ0) is 32.3. The number of hydrogen-bond donors (Lipinski definition) is 4. The summed E-state index contributed by atoms with van der Waals surface area (Å²) in [7, 11) is 0. The quantitative estimate of drug-likeness (QED) is 0.0774. The van der Waals surface area contributed by atoms with E-state index in [1.165, 1.54) is 51.1 Å². The normalized spacial score (nSPS) is 13.3. The van der Waals surface area contributed by atoms with E-state index < -0.39 is 41.2 Å². The minimum atomic E-state index is -2.13. The van der Waals surface area contributed by atoms with Crippen LogP contribution in [0.1, 0.15) is 68.4 Å². The maximum absolute atomic E-state index is 13.8. The van der Waals surface area contributed by atoms with E-state index in [1.807, 2.05) is 0 Å². The van der Waals surface area contributed by atoms with E-state index in [0.717, 1.165) is 4.90 Å². The summed E-state index contributed by atoms with van der Waals surface area (Å²) >= 11 is 0. The van der Waals surface area contributed by atoms with Crippen molar-refractivity contribution < 1.29 is 43.7 Å². The van der Waals surface area contributed by atoms with Crippen LogP contribution >= 0.6 is 0 Å². The van der Waals surface area contributed by atoms with Crippen LogP contribution in [0.2, 0.25) is 0 Å². The Morgan fingerprint density at radius 1 is 0.977 bits per heavy atom. The molecule has 12 nitrogen and oxygen atoms in total. The van der Waals surface area contributed by atoms with Gasteiger partial charge >= 0.3 is 23.9 Å². The van der Waals surface area contributed by atoms with Crippen molar-refractivity contribution in [3.63, 3.8) is 0 Å². The Hall–Kier alpha value is -5.00. The number of hydrogen-bond acceptors (Lipinski definition) is 8. The largest absolute Gasteiger partial charge is 0.481 e. The third-order valence-electron chi connectivity index (χ3n) is 7.01. The summed E-state index contributed by atoms with van der Waals surface area (Å²) in [5.74, 6) is -6.23. The Labute approximate surface area is 249 Å². The first-order valence-electron chi connectivity index (χ1n) is 13.7. The summed E-state index contributed by atoms with van der Waals surface area (Å²) in [6, 6.07) is 12.2. The molecule has 0 heterocycles. The van der Waals surface area contributed by atoms with Gasteiger partial charge in [-0.25, -0.2) is 9.59 Å². The SMILES string of the molecule is CCOC(=O)CCN(C(=O)/C(C)=C/c1ccc(C(=O)Oc2ccc(C(=N)N)cc2)cc1)[C@@](CC)(C(=O)O)C(CC)C(=O)O. The standard InChI is InChI=1S/C31H37N3O9/c1-5-24(28(37)38)31(6-2,30(40)41)34(17-16-25(35)42-7-3)27(36)19(4)18-20-8-10-22(11-9-20)29(39)43-23-14-12-21(13-15-23)26(32)33/h8-15,18,24H,5-7,16-17H2,1-4H3,(H3,32,33)(H,37,38)(H,40,41)/b19-18+/t24?,31-/m1/s1. The van der Waals surface area contributed by atoms with E-state index in [9.17, 15) is 34.2 Å². The summed E-state index contributed by atoms with van der Waals surface area (Å²) in [5.41, 5.74) is 4.59. The average Bonchev–Trinajstić information content (AvgIpc) is 2.96. The molecule has 230 valence electrons. The van der Waals surface area contributed by atoms with Crippen LogP contribution in [0, 0.1) is 11.3 Å². The van der Waals surface area contributed by atoms with Gasteiger partial charge in [-0.15, -0.1) is 0 Å². The molecule has 0 aliphatic rings. The second-order valence-electron chi connectivity index (χ2n) is 9.67. The van der Waals surface area contributed by atoms with Gasteiger partial charge < -0.3 is 30.3 Å². The first-order valence-corrected chi connectivity index (χ1v) is 13.7. The molecule has 0 spiro atoms. The van der Waals surface area contributed by atoms with E-state index in [0.29, 0.717) is 11.1 Å². The molecule has 5 N–H and O–H groups in total. The maximum Gasteiger partial charge on any atom is 0.343 e. The number of aliphatic carboxylic acids is 2. The number of benzene rings is 2. The number of esters is 2. The molecule has 2 aromatic rings. The van der Waals surface area contributed by atoms with Crippen molar-refractivity contribution in [1.82, 2.24) is 4.90 Å². The number of amides is 1. The third kappa shape index (κ3) is 8.28. The molecule has 2 rings (SSSR count). The van der Waals surface area contributed by atoms with Gasteiger partial charge in [0.15, 0.2) is 5.54 Å². The van der Waals surface area contributed by atoms with Gasteiger partial charge in [-0.1, -0.05) is 26.0 Å². The summed E-state index contributed by atoms with van der Waals surface area (Å²) in [6.45, 7) is 5.79. The lowest BCUT2D eigenvalue weighted by atomic mass is 9.77. The number of nitrogens with two attached hydrogens (primary N) is 1. The molecular weight excluding hydrogens is 558 g/mol. The minimum absolute atomic E-state index is 0.0696. The van der Waals surface area contributed by atoms with Crippen molar-refractivity contribution in [2.45, 2.75) is 52.5 Å². The summed E-state index contributed by atoms with van der Waals surface area (Å²) in [6.07, 6.45) is 0.856. The van der Waals surface area contributed by atoms with Crippen molar-refractivity contribution >= 4 is 41.7 Å². The Bertz CT molecular complexity index is 1380. The van der Waals surface area contributed by atoms with E-state index in [-0.39, 0.29) is 55.1 Å². The number of ether oxygens (including phenoxy) is 2. The number of amidine groups is 1. The molecule has 0 saturated carbocycles. The van der Waals surface area contributed by atoms with Crippen molar-refractivity contribution in [2.24, 2.45) is 11.7 Å². The molecule has 0 radical (unpaired) electrons. The minimum Gasteiger partial charge on any atom is -0.481 e. The van der Waals surface area contributed by atoms with Crippen LogP contribution < -0.4 is 10.5 Å². The van der Waals surface area contributed by atoms with Crippen LogP contribution in [-0.2, 0) is 23.9 Å². The highest BCUT2D eigenvalue weighted by Gasteiger charge is 2.53. The summed E-state index contributed by atoms with van der Waals surface area (Å²) < 4.78 is 10.3. The Morgan fingerprint density at radius 3 is 2.02 bits per heavy atom. The van der Waals surface area contributed by atoms with E-state index >= 15 is 0 Å². The fourth-order valence-corrected chi connectivity index (χ4v) is 4.78. The summed E-state index contributed by atoms with van der Waals surface area (Å²) in [4.78, 5) is 64.3. The average molecular weight is 596 g/mol. The fraction of sp³-hybridized carbons (Fsp3) is 0.355. The molecule has 0 fully saturated rings.